The van der Waals surface area contributed by atoms with Gasteiger partial charge in [0.05, 0.1) is 0 Å². The molecule has 0 N–H and O–H groups in total. The predicted octanol–water partition coefficient (Wildman–Crippen LogP) is 5.19. The maximum Gasteiger partial charge on any atom is 0.0486 e. The molecule has 20 heavy (non-hydrogen) atoms. The second kappa shape index (κ2) is 5.54. The maximum absolute atomic E-state index is 2.34. The lowest BCUT2D eigenvalue weighted by atomic mass is 10.0. The summed E-state index contributed by atoms with van der Waals surface area (Å²) in [5.74, 6) is 0. The Morgan fingerprint density at radius 3 is 2.55 bits per heavy atom. The fraction of sp³-hybridized carbons (Fsp3) is 0.263. The zero-order valence-corrected chi connectivity index (χ0v) is 12.3. The summed E-state index contributed by atoms with van der Waals surface area (Å²) >= 11 is 0. The molecule has 2 aromatic carbocycles. The van der Waals surface area contributed by atoms with Gasteiger partial charge in [0.25, 0.3) is 0 Å². The first-order valence-corrected chi connectivity index (χ1v) is 7.43. The standard InChI is InChI=1S/C19H21N/c1-3-4-8-15-11-12-17-18(14-20(2)19(17)13-15)16-9-6-5-7-10-16/h5-7,9-14H,3-4,8H2,1-2H3. The molecule has 0 amide bonds. The summed E-state index contributed by atoms with van der Waals surface area (Å²) in [6.07, 6.45) is 5.93. The van der Waals surface area contributed by atoms with Gasteiger partial charge in [-0.2, -0.15) is 0 Å². The molecule has 0 radical (unpaired) electrons. The van der Waals surface area contributed by atoms with Gasteiger partial charge in [-0.25, -0.2) is 0 Å². The Kier molecular flexibility index (Phi) is 3.60. The van der Waals surface area contributed by atoms with Crippen LogP contribution in [0.4, 0.5) is 0 Å². The van der Waals surface area contributed by atoms with Crippen molar-refractivity contribution in [2.75, 3.05) is 0 Å². The van der Waals surface area contributed by atoms with E-state index in [2.05, 4.69) is 73.3 Å². The first-order valence-electron chi connectivity index (χ1n) is 7.43. The van der Waals surface area contributed by atoms with E-state index in [4.69, 9.17) is 0 Å². The minimum absolute atomic E-state index is 1.18. The van der Waals surface area contributed by atoms with Gasteiger partial charge in [0.1, 0.15) is 0 Å². The highest BCUT2D eigenvalue weighted by atomic mass is 14.9. The summed E-state index contributed by atoms with van der Waals surface area (Å²) < 4.78 is 2.24. The van der Waals surface area contributed by atoms with Gasteiger partial charge in [-0.3, -0.25) is 0 Å². The Bertz CT molecular complexity index is 707. The molecule has 0 bridgehead atoms. The van der Waals surface area contributed by atoms with Crippen molar-refractivity contribution in [1.29, 1.82) is 0 Å². The zero-order valence-electron chi connectivity index (χ0n) is 12.3. The number of unbranched alkanes of at least 4 members (excludes halogenated alkanes) is 1. The van der Waals surface area contributed by atoms with E-state index >= 15 is 0 Å². The van der Waals surface area contributed by atoms with Gasteiger partial charge >= 0.3 is 0 Å². The van der Waals surface area contributed by atoms with E-state index in [9.17, 15) is 0 Å². The van der Waals surface area contributed by atoms with E-state index in [1.807, 2.05) is 0 Å². The maximum atomic E-state index is 2.34. The molecule has 102 valence electrons. The van der Waals surface area contributed by atoms with Gasteiger partial charge in [0.2, 0.25) is 0 Å². The zero-order chi connectivity index (χ0) is 13.9. The molecule has 0 saturated carbocycles. The molecule has 0 saturated heterocycles. The van der Waals surface area contributed by atoms with Gasteiger partial charge < -0.3 is 4.57 Å². The Hall–Kier alpha value is -2.02. The van der Waals surface area contributed by atoms with E-state index in [1.165, 1.54) is 46.9 Å². The van der Waals surface area contributed by atoms with Crippen molar-refractivity contribution in [2.24, 2.45) is 7.05 Å². The first-order chi connectivity index (χ1) is 9.79. The van der Waals surface area contributed by atoms with E-state index in [-0.39, 0.29) is 0 Å². The molecule has 0 aliphatic carbocycles. The molecule has 0 unspecified atom stereocenters. The second-order valence-corrected chi connectivity index (χ2v) is 5.47. The lowest BCUT2D eigenvalue weighted by Gasteiger charge is -2.03. The quantitative estimate of drug-likeness (QED) is 0.610. The minimum atomic E-state index is 1.18. The predicted molar refractivity (Wildman–Crippen MR) is 87.0 cm³/mol. The van der Waals surface area contributed by atoms with Crippen molar-refractivity contribution >= 4 is 10.9 Å². The van der Waals surface area contributed by atoms with Crippen LogP contribution in [0.15, 0.2) is 54.7 Å². The number of fused-ring (bicyclic) bond motifs is 1. The molecule has 1 nitrogen and oxygen atoms in total. The van der Waals surface area contributed by atoms with Crippen molar-refractivity contribution in [3.05, 3.63) is 60.3 Å². The van der Waals surface area contributed by atoms with Crippen molar-refractivity contribution in [2.45, 2.75) is 26.2 Å². The number of nitrogens with zero attached hydrogens (tertiary/aromatic N) is 1. The first kappa shape index (κ1) is 13.0. The third-order valence-corrected chi connectivity index (χ3v) is 3.96. The molecule has 1 heterocycles. The van der Waals surface area contributed by atoms with Crippen LogP contribution in [0.2, 0.25) is 0 Å². The van der Waals surface area contributed by atoms with Crippen LogP contribution in [-0.2, 0) is 13.5 Å². The van der Waals surface area contributed by atoms with Crippen LogP contribution in [0.3, 0.4) is 0 Å². The fourth-order valence-corrected chi connectivity index (χ4v) is 2.81. The summed E-state index contributed by atoms with van der Waals surface area (Å²) in [4.78, 5) is 0. The molecular formula is C19H21N. The molecule has 0 aliphatic rings. The van der Waals surface area contributed by atoms with E-state index in [1.54, 1.807) is 0 Å². The Morgan fingerprint density at radius 1 is 1.00 bits per heavy atom. The molecular weight excluding hydrogens is 242 g/mol. The molecule has 3 aromatic rings. The minimum Gasteiger partial charge on any atom is -0.350 e. The van der Waals surface area contributed by atoms with Crippen LogP contribution in [0, 0.1) is 0 Å². The Labute approximate surface area is 120 Å². The van der Waals surface area contributed by atoms with Crippen molar-refractivity contribution in [1.82, 2.24) is 4.57 Å². The average molecular weight is 263 g/mol. The van der Waals surface area contributed by atoms with Crippen LogP contribution >= 0.6 is 0 Å². The van der Waals surface area contributed by atoms with Gasteiger partial charge in [0.15, 0.2) is 0 Å². The molecule has 0 atom stereocenters. The van der Waals surface area contributed by atoms with E-state index < -0.39 is 0 Å². The lowest BCUT2D eigenvalue weighted by molar-refractivity contribution is 0.795. The second-order valence-electron chi connectivity index (χ2n) is 5.47. The van der Waals surface area contributed by atoms with Crippen LogP contribution in [-0.4, -0.2) is 4.57 Å². The van der Waals surface area contributed by atoms with E-state index in [0.717, 1.165) is 0 Å². The van der Waals surface area contributed by atoms with Crippen LogP contribution < -0.4 is 0 Å². The molecule has 3 rings (SSSR count). The Balaban J connectivity index is 2.08. The van der Waals surface area contributed by atoms with Gasteiger partial charge in [-0.15, -0.1) is 0 Å². The molecule has 0 spiro atoms. The van der Waals surface area contributed by atoms with Crippen molar-refractivity contribution in [3.63, 3.8) is 0 Å². The Morgan fingerprint density at radius 2 is 1.80 bits per heavy atom. The highest BCUT2D eigenvalue weighted by Gasteiger charge is 2.08. The summed E-state index contributed by atoms with van der Waals surface area (Å²) in [5, 5.41) is 1.35. The van der Waals surface area contributed by atoms with Crippen molar-refractivity contribution < 1.29 is 0 Å². The summed E-state index contributed by atoms with van der Waals surface area (Å²) in [6, 6.07) is 17.5. The smallest absolute Gasteiger partial charge is 0.0486 e. The SMILES string of the molecule is CCCCc1ccc2c(-c3ccccc3)cn(C)c2c1. The lowest BCUT2D eigenvalue weighted by Crippen LogP contribution is -1.88. The highest BCUT2D eigenvalue weighted by Crippen LogP contribution is 2.30. The van der Waals surface area contributed by atoms with Crippen LogP contribution in [0.5, 0.6) is 0 Å². The number of hydrogen-bond acceptors (Lipinski definition) is 0. The van der Waals surface area contributed by atoms with E-state index in [0.29, 0.717) is 0 Å². The third-order valence-electron chi connectivity index (χ3n) is 3.96. The molecule has 0 aliphatic heterocycles. The van der Waals surface area contributed by atoms with Crippen LogP contribution in [0.1, 0.15) is 25.3 Å². The largest absolute Gasteiger partial charge is 0.350 e. The molecule has 0 fully saturated rings. The van der Waals surface area contributed by atoms with Gasteiger partial charge in [-0.1, -0.05) is 55.8 Å². The highest BCUT2D eigenvalue weighted by molar-refractivity contribution is 5.96. The number of benzene rings is 2. The topological polar surface area (TPSA) is 4.93 Å². The van der Waals surface area contributed by atoms with Crippen molar-refractivity contribution in [3.8, 4) is 11.1 Å². The normalized spacial score (nSPS) is 11.1. The fourth-order valence-electron chi connectivity index (χ4n) is 2.81. The summed E-state index contributed by atoms with van der Waals surface area (Å²) in [6.45, 7) is 2.24. The monoisotopic (exact) mass is 263 g/mol. The number of aryl methyl sites for hydroxylation is 2. The number of rotatable bonds is 4. The van der Waals surface area contributed by atoms with Crippen LogP contribution in [0.25, 0.3) is 22.0 Å². The average Bonchev–Trinajstić information content (AvgIpc) is 2.83. The number of hydrogen-bond donors (Lipinski definition) is 0. The number of aromatic nitrogens is 1. The summed E-state index contributed by atoms with van der Waals surface area (Å²) in [5.41, 5.74) is 5.39. The van der Waals surface area contributed by atoms with Gasteiger partial charge in [0, 0.05) is 29.7 Å². The molecule has 1 aromatic heterocycles. The summed E-state index contributed by atoms with van der Waals surface area (Å²) in [7, 11) is 2.14. The molecule has 1 heteroatoms. The van der Waals surface area contributed by atoms with Gasteiger partial charge in [-0.05, 0) is 30.0 Å². The third kappa shape index (κ3) is 2.36.